The Hall–Kier alpha value is -0.330. The zero-order chi connectivity index (χ0) is 13.0. The van der Waals surface area contributed by atoms with Crippen LogP contribution in [0.2, 0.25) is 0 Å². The summed E-state index contributed by atoms with van der Waals surface area (Å²) < 4.78 is 0. The standard InChI is InChI=1S/C16H28O/c1-10-7-12-14(13(17)8-10)15(3,4)9-11(2)16(12,5)6/h10-12,14H,7-9H2,1-6H3. The van der Waals surface area contributed by atoms with E-state index in [2.05, 4.69) is 41.5 Å². The molecular weight excluding hydrogens is 208 g/mol. The summed E-state index contributed by atoms with van der Waals surface area (Å²) in [5.41, 5.74) is 0.529. The minimum atomic E-state index is 0.205. The Bertz CT molecular complexity index is 326. The average Bonchev–Trinajstić information content (AvgIpc) is 2.12. The van der Waals surface area contributed by atoms with Crippen LogP contribution in [0.15, 0.2) is 0 Å². The lowest BCUT2D eigenvalue weighted by Crippen LogP contribution is -2.54. The Labute approximate surface area is 106 Å². The Balaban J connectivity index is 2.40. The first kappa shape index (κ1) is 13.1. The van der Waals surface area contributed by atoms with Gasteiger partial charge in [0.1, 0.15) is 5.78 Å². The highest BCUT2D eigenvalue weighted by Gasteiger charge is 2.55. The van der Waals surface area contributed by atoms with Crippen molar-refractivity contribution < 1.29 is 4.79 Å². The van der Waals surface area contributed by atoms with Gasteiger partial charge in [-0.2, -0.15) is 0 Å². The van der Waals surface area contributed by atoms with Crippen LogP contribution in [0.1, 0.15) is 60.8 Å². The van der Waals surface area contributed by atoms with E-state index in [1.54, 1.807) is 0 Å². The van der Waals surface area contributed by atoms with E-state index in [0.717, 1.165) is 12.3 Å². The van der Waals surface area contributed by atoms with Gasteiger partial charge >= 0.3 is 0 Å². The summed E-state index contributed by atoms with van der Waals surface area (Å²) in [5.74, 6) is 2.75. The molecule has 0 saturated heterocycles. The lowest BCUT2D eigenvalue weighted by atomic mass is 9.46. The smallest absolute Gasteiger partial charge is 0.137 e. The SMILES string of the molecule is CC1CC(=O)C2C(C1)C(C)(C)C(C)CC2(C)C. The Morgan fingerprint density at radius 2 is 1.71 bits per heavy atom. The Kier molecular flexibility index (Phi) is 2.95. The van der Waals surface area contributed by atoms with Crippen LogP contribution in [0.25, 0.3) is 0 Å². The second kappa shape index (κ2) is 3.83. The fourth-order valence-corrected chi connectivity index (χ4v) is 4.61. The molecule has 0 spiro atoms. The molecule has 2 aliphatic rings. The summed E-state index contributed by atoms with van der Waals surface area (Å²) in [6, 6.07) is 0. The first-order valence-electron chi connectivity index (χ1n) is 7.19. The van der Waals surface area contributed by atoms with E-state index in [1.807, 2.05) is 0 Å². The highest BCUT2D eigenvalue weighted by molar-refractivity contribution is 5.83. The zero-order valence-electron chi connectivity index (χ0n) is 12.3. The maximum Gasteiger partial charge on any atom is 0.137 e. The highest BCUT2D eigenvalue weighted by atomic mass is 16.1. The van der Waals surface area contributed by atoms with Crippen molar-refractivity contribution in [2.75, 3.05) is 0 Å². The summed E-state index contributed by atoms with van der Waals surface area (Å²) >= 11 is 0. The van der Waals surface area contributed by atoms with Gasteiger partial charge in [0.2, 0.25) is 0 Å². The predicted octanol–water partition coefficient (Wildman–Crippen LogP) is 4.31. The Morgan fingerprint density at radius 3 is 2.29 bits per heavy atom. The third-order valence-electron chi connectivity index (χ3n) is 5.86. The zero-order valence-corrected chi connectivity index (χ0v) is 12.3. The molecule has 0 N–H and O–H groups in total. The van der Waals surface area contributed by atoms with Gasteiger partial charge in [0.05, 0.1) is 0 Å². The van der Waals surface area contributed by atoms with Gasteiger partial charge in [-0.1, -0.05) is 41.5 Å². The van der Waals surface area contributed by atoms with Gasteiger partial charge in [0, 0.05) is 12.3 Å². The molecule has 1 heteroatoms. The van der Waals surface area contributed by atoms with Crippen molar-refractivity contribution in [1.29, 1.82) is 0 Å². The maximum absolute atomic E-state index is 12.4. The van der Waals surface area contributed by atoms with Gasteiger partial charge in [-0.05, 0) is 41.4 Å². The quantitative estimate of drug-likeness (QED) is 0.612. The molecule has 98 valence electrons. The maximum atomic E-state index is 12.4. The van der Waals surface area contributed by atoms with E-state index in [-0.39, 0.29) is 5.41 Å². The monoisotopic (exact) mass is 236 g/mol. The van der Waals surface area contributed by atoms with Gasteiger partial charge in [-0.3, -0.25) is 4.79 Å². The lowest BCUT2D eigenvalue weighted by Gasteiger charge is -2.57. The van der Waals surface area contributed by atoms with Crippen LogP contribution < -0.4 is 0 Å². The third-order valence-corrected chi connectivity index (χ3v) is 5.86. The van der Waals surface area contributed by atoms with Gasteiger partial charge in [-0.25, -0.2) is 0 Å². The van der Waals surface area contributed by atoms with Crippen molar-refractivity contribution in [3.8, 4) is 0 Å². The molecule has 0 aliphatic heterocycles. The molecule has 0 aromatic carbocycles. The molecular formula is C16H28O. The number of hydrogen-bond donors (Lipinski definition) is 0. The molecule has 0 heterocycles. The third kappa shape index (κ3) is 1.96. The van der Waals surface area contributed by atoms with E-state index in [4.69, 9.17) is 0 Å². The van der Waals surface area contributed by atoms with Crippen molar-refractivity contribution in [2.24, 2.45) is 34.5 Å². The Morgan fingerprint density at radius 1 is 1.12 bits per heavy atom. The average molecular weight is 236 g/mol. The number of fused-ring (bicyclic) bond motifs is 1. The van der Waals surface area contributed by atoms with Crippen LogP contribution >= 0.6 is 0 Å². The van der Waals surface area contributed by atoms with Gasteiger partial charge in [-0.15, -0.1) is 0 Å². The second-order valence-electron chi connectivity index (χ2n) is 8.01. The van der Waals surface area contributed by atoms with E-state index in [0.29, 0.717) is 29.0 Å². The fourth-order valence-electron chi connectivity index (χ4n) is 4.61. The van der Waals surface area contributed by atoms with E-state index >= 15 is 0 Å². The largest absolute Gasteiger partial charge is 0.299 e. The highest BCUT2D eigenvalue weighted by Crippen LogP contribution is 2.59. The molecule has 0 aromatic heterocycles. The second-order valence-corrected chi connectivity index (χ2v) is 8.01. The molecule has 17 heavy (non-hydrogen) atoms. The van der Waals surface area contributed by atoms with E-state index in [1.165, 1.54) is 12.8 Å². The summed E-state index contributed by atoms with van der Waals surface area (Å²) in [4.78, 5) is 12.4. The molecule has 0 aromatic rings. The van der Waals surface area contributed by atoms with Crippen molar-refractivity contribution in [1.82, 2.24) is 0 Å². The summed E-state index contributed by atoms with van der Waals surface area (Å²) in [7, 11) is 0. The summed E-state index contributed by atoms with van der Waals surface area (Å²) in [6.45, 7) is 14.0. The van der Waals surface area contributed by atoms with Gasteiger partial charge in [0.15, 0.2) is 0 Å². The molecule has 1 nitrogen and oxygen atoms in total. The molecule has 2 rings (SSSR count). The molecule has 4 unspecified atom stereocenters. The van der Waals surface area contributed by atoms with Crippen LogP contribution in [-0.2, 0) is 4.79 Å². The van der Waals surface area contributed by atoms with Crippen LogP contribution in [0.3, 0.4) is 0 Å². The van der Waals surface area contributed by atoms with Crippen LogP contribution in [0.5, 0.6) is 0 Å². The first-order valence-corrected chi connectivity index (χ1v) is 7.19. The summed E-state index contributed by atoms with van der Waals surface area (Å²) in [5, 5.41) is 0. The minimum absolute atomic E-state index is 0.205. The molecule has 2 fully saturated rings. The topological polar surface area (TPSA) is 17.1 Å². The molecule has 2 saturated carbocycles. The molecule has 0 radical (unpaired) electrons. The normalized spacial score (nSPS) is 44.2. The van der Waals surface area contributed by atoms with Crippen LogP contribution in [0.4, 0.5) is 0 Å². The predicted molar refractivity (Wildman–Crippen MR) is 71.7 cm³/mol. The van der Waals surface area contributed by atoms with E-state index in [9.17, 15) is 4.79 Å². The van der Waals surface area contributed by atoms with Crippen molar-refractivity contribution >= 4 is 5.78 Å². The van der Waals surface area contributed by atoms with Crippen LogP contribution in [0, 0.1) is 34.5 Å². The number of hydrogen-bond acceptors (Lipinski definition) is 1. The molecule has 4 atom stereocenters. The number of carbonyl (C=O) groups is 1. The summed E-state index contributed by atoms with van der Waals surface area (Å²) in [6.07, 6.45) is 3.26. The number of rotatable bonds is 0. The van der Waals surface area contributed by atoms with Crippen molar-refractivity contribution in [3.63, 3.8) is 0 Å². The molecule has 0 bridgehead atoms. The van der Waals surface area contributed by atoms with Gasteiger partial charge < -0.3 is 0 Å². The minimum Gasteiger partial charge on any atom is -0.299 e. The molecule has 0 amide bonds. The van der Waals surface area contributed by atoms with Crippen molar-refractivity contribution in [2.45, 2.75) is 60.8 Å². The fraction of sp³-hybridized carbons (Fsp3) is 0.938. The molecule has 2 aliphatic carbocycles. The van der Waals surface area contributed by atoms with Gasteiger partial charge in [0.25, 0.3) is 0 Å². The number of ketones is 1. The number of Topliss-reactive ketones (excluding diaryl/α,β-unsaturated/α-hetero) is 1. The number of carbonyl (C=O) groups excluding carboxylic acids is 1. The van der Waals surface area contributed by atoms with Crippen LogP contribution in [-0.4, -0.2) is 5.78 Å². The lowest BCUT2D eigenvalue weighted by molar-refractivity contribution is -0.149. The van der Waals surface area contributed by atoms with Crippen molar-refractivity contribution in [3.05, 3.63) is 0 Å². The van der Waals surface area contributed by atoms with E-state index < -0.39 is 0 Å². The first-order chi connectivity index (χ1) is 7.66.